The summed E-state index contributed by atoms with van der Waals surface area (Å²) in [7, 11) is 0. The van der Waals surface area contributed by atoms with Gasteiger partial charge in [-0.15, -0.1) is 0 Å². The van der Waals surface area contributed by atoms with Crippen molar-refractivity contribution in [3.63, 3.8) is 0 Å². The molecule has 0 aromatic rings. The third-order valence-corrected chi connectivity index (χ3v) is 6.07. The number of carbonyl (C=O) groups excluding carboxylic acids is 2. The monoisotopic (exact) mass is 410 g/mol. The van der Waals surface area contributed by atoms with Crippen molar-refractivity contribution < 1.29 is 19.1 Å². The van der Waals surface area contributed by atoms with Gasteiger partial charge in [0.1, 0.15) is 5.78 Å². The van der Waals surface area contributed by atoms with Crippen LogP contribution in [0.25, 0.3) is 0 Å². The molecule has 2 aliphatic rings. The van der Waals surface area contributed by atoms with E-state index >= 15 is 0 Å². The maximum absolute atomic E-state index is 12.4. The van der Waals surface area contributed by atoms with E-state index in [1.807, 2.05) is 18.7 Å². The molecule has 29 heavy (non-hydrogen) atoms. The number of ketones is 1. The number of hydrogen-bond donors (Lipinski definition) is 0. The van der Waals surface area contributed by atoms with E-state index in [1.165, 1.54) is 0 Å². The topological polar surface area (TPSA) is 59.1 Å². The second-order valence-electron chi connectivity index (χ2n) is 9.27. The van der Waals surface area contributed by atoms with Gasteiger partial charge in [0.2, 0.25) is 5.91 Å². The smallest absolute Gasteiger partial charge is 0.224 e. The Morgan fingerprint density at radius 2 is 1.55 bits per heavy atom. The molecule has 2 rings (SSSR count). The first-order valence-electron chi connectivity index (χ1n) is 11.6. The highest BCUT2D eigenvalue weighted by molar-refractivity contribution is 5.81. The van der Waals surface area contributed by atoms with Crippen molar-refractivity contribution >= 4 is 11.7 Å². The maximum Gasteiger partial charge on any atom is 0.224 e. The molecule has 0 atom stereocenters. The molecule has 0 saturated carbocycles. The molecule has 0 radical (unpaired) electrons. The van der Waals surface area contributed by atoms with Crippen LogP contribution < -0.4 is 0 Å². The molecule has 0 spiro atoms. The molecule has 0 bridgehead atoms. The quantitative estimate of drug-likeness (QED) is 0.490. The molecular weight excluding hydrogens is 368 g/mol. The third-order valence-electron chi connectivity index (χ3n) is 6.07. The van der Waals surface area contributed by atoms with Crippen molar-refractivity contribution in [1.29, 1.82) is 0 Å². The van der Waals surface area contributed by atoms with Crippen LogP contribution in [-0.4, -0.2) is 79.6 Å². The lowest BCUT2D eigenvalue weighted by molar-refractivity contribution is -0.134. The van der Waals surface area contributed by atoms with Crippen LogP contribution >= 0.6 is 0 Å². The maximum atomic E-state index is 12.4. The van der Waals surface area contributed by atoms with Gasteiger partial charge in [0.25, 0.3) is 0 Å². The first kappa shape index (κ1) is 24.3. The van der Waals surface area contributed by atoms with E-state index in [1.54, 1.807) is 0 Å². The summed E-state index contributed by atoms with van der Waals surface area (Å²) in [4.78, 5) is 29.2. The molecule has 2 saturated heterocycles. The van der Waals surface area contributed by atoms with Crippen LogP contribution in [-0.2, 0) is 19.1 Å². The fourth-order valence-corrected chi connectivity index (χ4v) is 4.40. The standard InChI is InChI=1S/C23H42N2O4/c1-18(2)17-22(26)20-5-10-24(11-6-20)21-7-12-25(13-8-21)23(27)9-14-28-15-16-29-19(3)4/h18-21H,5-17H2,1-4H3. The van der Waals surface area contributed by atoms with Gasteiger partial charge in [-0.3, -0.25) is 9.59 Å². The summed E-state index contributed by atoms with van der Waals surface area (Å²) in [6.45, 7) is 13.6. The molecule has 0 aromatic carbocycles. The number of rotatable bonds is 11. The summed E-state index contributed by atoms with van der Waals surface area (Å²) in [5.74, 6) is 1.38. The van der Waals surface area contributed by atoms with E-state index in [0.717, 1.165) is 58.3 Å². The first-order chi connectivity index (χ1) is 13.9. The average molecular weight is 411 g/mol. The Bertz CT molecular complexity index is 493. The molecule has 2 fully saturated rings. The summed E-state index contributed by atoms with van der Waals surface area (Å²) in [5.41, 5.74) is 0. The minimum Gasteiger partial charge on any atom is -0.379 e. The van der Waals surface area contributed by atoms with Gasteiger partial charge in [0.15, 0.2) is 0 Å². The minimum atomic E-state index is 0.200. The predicted molar refractivity (Wildman–Crippen MR) is 115 cm³/mol. The van der Waals surface area contributed by atoms with Gasteiger partial charge in [0, 0.05) is 31.5 Å². The number of ether oxygens (including phenoxy) is 2. The lowest BCUT2D eigenvalue weighted by atomic mass is 9.87. The Morgan fingerprint density at radius 3 is 2.14 bits per heavy atom. The molecular formula is C23H42N2O4. The zero-order valence-corrected chi connectivity index (χ0v) is 19.0. The van der Waals surface area contributed by atoms with Crippen molar-refractivity contribution in [2.45, 2.75) is 78.4 Å². The van der Waals surface area contributed by atoms with Crippen LogP contribution in [0.3, 0.4) is 0 Å². The SMILES string of the molecule is CC(C)CC(=O)C1CCN(C2CCN(C(=O)CCOCCOC(C)C)CC2)CC1. The van der Waals surface area contributed by atoms with E-state index in [2.05, 4.69) is 18.7 Å². The van der Waals surface area contributed by atoms with E-state index in [4.69, 9.17) is 9.47 Å². The summed E-state index contributed by atoms with van der Waals surface area (Å²) in [6, 6.07) is 0.560. The number of amides is 1. The fraction of sp³-hybridized carbons (Fsp3) is 0.913. The first-order valence-corrected chi connectivity index (χ1v) is 11.6. The van der Waals surface area contributed by atoms with Gasteiger partial charge in [-0.25, -0.2) is 0 Å². The molecule has 0 aliphatic carbocycles. The summed E-state index contributed by atoms with van der Waals surface area (Å²) >= 11 is 0. The van der Waals surface area contributed by atoms with Crippen molar-refractivity contribution in [3.8, 4) is 0 Å². The summed E-state index contributed by atoms with van der Waals surface area (Å²) in [6.07, 6.45) is 5.48. The second-order valence-corrected chi connectivity index (χ2v) is 9.27. The van der Waals surface area contributed by atoms with Gasteiger partial charge in [-0.05, 0) is 58.5 Å². The van der Waals surface area contributed by atoms with E-state index < -0.39 is 0 Å². The minimum absolute atomic E-state index is 0.200. The Balaban J connectivity index is 1.59. The highest BCUT2D eigenvalue weighted by Crippen LogP contribution is 2.26. The van der Waals surface area contributed by atoms with Crippen LogP contribution in [0.2, 0.25) is 0 Å². The van der Waals surface area contributed by atoms with E-state index in [9.17, 15) is 9.59 Å². The lowest BCUT2D eigenvalue weighted by Gasteiger charge is -2.41. The molecule has 0 unspecified atom stereocenters. The summed E-state index contributed by atoms with van der Waals surface area (Å²) in [5, 5.41) is 0. The average Bonchev–Trinajstić information content (AvgIpc) is 2.70. The Morgan fingerprint density at radius 1 is 0.897 bits per heavy atom. The van der Waals surface area contributed by atoms with Crippen LogP contribution in [0.4, 0.5) is 0 Å². The van der Waals surface area contributed by atoms with Gasteiger partial charge in [-0.1, -0.05) is 13.8 Å². The van der Waals surface area contributed by atoms with Gasteiger partial charge in [-0.2, -0.15) is 0 Å². The molecule has 0 N–H and O–H groups in total. The second kappa shape index (κ2) is 12.7. The normalized spacial score (nSPS) is 20.0. The van der Waals surface area contributed by atoms with Crippen LogP contribution in [0.15, 0.2) is 0 Å². The molecule has 2 heterocycles. The highest BCUT2D eigenvalue weighted by atomic mass is 16.5. The highest BCUT2D eigenvalue weighted by Gasteiger charge is 2.31. The molecule has 1 amide bonds. The molecule has 6 heteroatoms. The largest absolute Gasteiger partial charge is 0.379 e. The zero-order valence-electron chi connectivity index (χ0n) is 19.0. The van der Waals surface area contributed by atoms with Crippen LogP contribution in [0, 0.1) is 11.8 Å². The van der Waals surface area contributed by atoms with Crippen molar-refractivity contribution in [2.24, 2.45) is 11.8 Å². The zero-order chi connectivity index (χ0) is 21.2. The van der Waals surface area contributed by atoms with Gasteiger partial charge < -0.3 is 19.3 Å². The molecule has 6 nitrogen and oxygen atoms in total. The fourth-order valence-electron chi connectivity index (χ4n) is 4.40. The van der Waals surface area contributed by atoms with Crippen molar-refractivity contribution in [3.05, 3.63) is 0 Å². The summed E-state index contributed by atoms with van der Waals surface area (Å²) < 4.78 is 10.9. The Labute approximate surface area is 177 Å². The van der Waals surface area contributed by atoms with Crippen molar-refractivity contribution in [2.75, 3.05) is 46.0 Å². The van der Waals surface area contributed by atoms with E-state index in [0.29, 0.717) is 44.0 Å². The molecule has 168 valence electrons. The Kier molecular flexibility index (Phi) is 10.6. The number of Topliss-reactive ketones (excluding diaryl/α,β-unsaturated/α-hetero) is 1. The number of piperidine rings is 2. The van der Waals surface area contributed by atoms with Crippen LogP contribution in [0.1, 0.15) is 66.2 Å². The van der Waals surface area contributed by atoms with Gasteiger partial charge >= 0.3 is 0 Å². The number of nitrogens with zero attached hydrogens (tertiary/aromatic N) is 2. The predicted octanol–water partition coefficient (Wildman–Crippen LogP) is 3.14. The Hall–Kier alpha value is -0.980. The number of likely N-dealkylation sites (tertiary alicyclic amines) is 2. The molecule has 2 aliphatic heterocycles. The van der Waals surface area contributed by atoms with Crippen molar-refractivity contribution in [1.82, 2.24) is 9.80 Å². The van der Waals surface area contributed by atoms with Gasteiger partial charge in [0.05, 0.1) is 32.3 Å². The number of carbonyl (C=O) groups is 2. The van der Waals surface area contributed by atoms with E-state index in [-0.39, 0.29) is 17.9 Å². The van der Waals surface area contributed by atoms with Crippen LogP contribution in [0.5, 0.6) is 0 Å². The number of hydrogen-bond acceptors (Lipinski definition) is 5. The lowest BCUT2D eigenvalue weighted by Crippen LogP contribution is -2.49. The third kappa shape index (κ3) is 8.73. The molecule has 0 aromatic heterocycles.